The van der Waals surface area contributed by atoms with Gasteiger partial charge in [0, 0.05) is 23.5 Å². The number of methoxy groups -OCH3 is 1. The van der Waals surface area contributed by atoms with Crippen LogP contribution in [-0.2, 0) is 11.3 Å². The number of aromatic nitrogens is 2. The molecular weight excluding hydrogens is 624 g/mol. The summed E-state index contributed by atoms with van der Waals surface area (Å²) in [7, 11) is 1.65. The van der Waals surface area contributed by atoms with Crippen molar-refractivity contribution in [3.8, 4) is 11.5 Å². The maximum absolute atomic E-state index is 11.2. The van der Waals surface area contributed by atoms with Crippen molar-refractivity contribution in [1.82, 2.24) is 9.55 Å². The van der Waals surface area contributed by atoms with E-state index in [1.54, 1.807) is 30.1 Å². The fourth-order valence-corrected chi connectivity index (χ4v) is 4.26. The number of unbranched alkanes of at least 4 members (excludes halogenated alkanes) is 2. The number of allylic oxidation sites excluding steroid dienone is 2. The second-order valence-electron chi connectivity index (χ2n) is 12.5. The molecule has 2 N–H and O–H groups in total. The van der Waals surface area contributed by atoms with E-state index in [4.69, 9.17) is 19.9 Å². The summed E-state index contributed by atoms with van der Waals surface area (Å²) in [4.78, 5) is 22.7. The molecule has 0 saturated heterocycles. The van der Waals surface area contributed by atoms with Crippen LogP contribution in [0.1, 0.15) is 124 Å². The van der Waals surface area contributed by atoms with E-state index in [0.717, 1.165) is 39.9 Å². The van der Waals surface area contributed by atoms with Crippen LogP contribution in [0.4, 0.5) is 5.69 Å². The minimum absolute atomic E-state index is 0.137. The lowest BCUT2D eigenvalue weighted by Gasteiger charge is -2.29. The number of hydrogen-bond donors (Lipinski definition) is 2. The molecule has 278 valence electrons. The largest absolute Gasteiger partial charge is 0.508 e. The van der Waals surface area contributed by atoms with E-state index in [-0.39, 0.29) is 6.54 Å². The molecule has 1 aliphatic heterocycles. The summed E-state index contributed by atoms with van der Waals surface area (Å²) in [6.07, 6.45) is 12.5. The summed E-state index contributed by atoms with van der Waals surface area (Å²) < 4.78 is 6.98. The summed E-state index contributed by atoms with van der Waals surface area (Å²) in [5.41, 5.74) is 6.63. The number of phenolic OH excluding ortho intramolecular Hbond substituents is 1. The van der Waals surface area contributed by atoms with Crippen LogP contribution in [0.5, 0.6) is 11.5 Å². The van der Waals surface area contributed by atoms with Crippen LogP contribution in [0.3, 0.4) is 0 Å². The molecule has 4 rings (SSSR count). The molecule has 1 aromatic heterocycles. The number of aliphatic carboxylic acids is 1. The highest BCUT2D eigenvalue weighted by molar-refractivity contribution is 6.11. The van der Waals surface area contributed by atoms with Gasteiger partial charge >= 0.3 is 5.97 Å². The van der Waals surface area contributed by atoms with Crippen LogP contribution >= 0.6 is 0 Å². The second-order valence-corrected chi connectivity index (χ2v) is 12.5. The topological polar surface area (TPSA) is 100 Å². The van der Waals surface area contributed by atoms with Crippen LogP contribution in [0.15, 0.2) is 71.1 Å². The Morgan fingerprint density at radius 1 is 0.980 bits per heavy atom. The highest BCUT2D eigenvalue weighted by Crippen LogP contribution is 2.31. The number of benzene rings is 2. The van der Waals surface area contributed by atoms with Crippen molar-refractivity contribution in [2.45, 2.75) is 122 Å². The Hall–Kier alpha value is -4.33. The third kappa shape index (κ3) is 16.9. The number of imidazole rings is 1. The predicted octanol–water partition coefficient (Wildman–Crippen LogP) is 11.2. The lowest BCUT2D eigenvalue weighted by Crippen LogP contribution is -2.35. The van der Waals surface area contributed by atoms with E-state index in [2.05, 4.69) is 56.7 Å². The molecule has 0 spiro atoms. The van der Waals surface area contributed by atoms with Crippen LogP contribution in [0.2, 0.25) is 0 Å². The Balaban J connectivity index is 0.000000927. The second kappa shape index (κ2) is 25.6. The number of aryl methyl sites for hydroxylation is 1. The number of nitrogens with zero attached hydrogens (tertiary/aromatic N) is 4. The zero-order valence-electron chi connectivity index (χ0n) is 33.3. The van der Waals surface area contributed by atoms with Gasteiger partial charge in [0.25, 0.3) is 0 Å². The van der Waals surface area contributed by atoms with Gasteiger partial charge in [0.2, 0.25) is 0 Å². The van der Waals surface area contributed by atoms with Crippen molar-refractivity contribution < 1.29 is 19.7 Å². The van der Waals surface area contributed by atoms with Gasteiger partial charge < -0.3 is 24.4 Å². The maximum atomic E-state index is 11.2. The Bertz CT molecular complexity index is 1460. The molecule has 0 aliphatic carbocycles. The fraction of sp³-hybridized carbons (Fsp3) is 0.500. The molecule has 0 radical (unpaired) electrons. The van der Waals surface area contributed by atoms with Crippen LogP contribution in [0, 0.1) is 19.8 Å². The van der Waals surface area contributed by atoms with E-state index >= 15 is 0 Å². The van der Waals surface area contributed by atoms with Gasteiger partial charge in [0.1, 0.15) is 23.7 Å². The Labute approximate surface area is 303 Å². The quantitative estimate of drug-likeness (QED) is 0.171. The molecule has 1 aliphatic rings. The van der Waals surface area contributed by atoms with Crippen molar-refractivity contribution in [2.75, 3.05) is 18.6 Å². The minimum atomic E-state index is -0.908. The first-order valence-corrected chi connectivity index (χ1v) is 18.1. The third-order valence-electron chi connectivity index (χ3n) is 7.65. The smallest absolute Gasteiger partial charge is 0.323 e. The molecule has 0 bridgehead atoms. The number of rotatable bonds is 9. The zero-order valence-corrected chi connectivity index (χ0v) is 33.3. The predicted molar refractivity (Wildman–Crippen MR) is 214 cm³/mol. The highest BCUT2D eigenvalue weighted by Gasteiger charge is 2.24. The molecule has 0 atom stereocenters. The number of aromatic hydroxyl groups is 1. The molecule has 2 heterocycles. The minimum Gasteiger partial charge on any atom is -0.508 e. The number of hydrogen-bond acceptors (Lipinski definition) is 5. The first-order chi connectivity index (χ1) is 23.8. The summed E-state index contributed by atoms with van der Waals surface area (Å²) in [5.74, 6) is 1.81. The molecule has 0 fully saturated rings. The highest BCUT2D eigenvalue weighted by atomic mass is 16.5. The number of amidine groups is 1. The molecule has 3 aromatic rings. The van der Waals surface area contributed by atoms with E-state index in [9.17, 15) is 4.79 Å². The number of fused-ring (bicyclic) bond motifs is 1. The molecule has 0 unspecified atom stereocenters. The standard InChI is InChI=1S/C22H26N4O3.C7H8O.C7H16.C4H10.C2H6/c1-14(2)15(3)24-22(21-16(4)25(13-23-21)12-20(27)28)26-10-6-7-17-11-18(29-5)8-9-19(17)26;1-6-2-4-7(8)5-3-6;1-4-5-6-7(2)3;1-3-4-2;1-2/h6-9,11,13H,10,12H2,1-5H3,(H,27,28);2-5,8H,1H3;7H,4-6H2,1-3H3;3-4H2,1-2H3;1-2H3. The van der Waals surface area contributed by atoms with Gasteiger partial charge in [0.15, 0.2) is 5.84 Å². The molecule has 2 aromatic carbocycles. The van der Waals surface area contributed by atoms with Crippen molar-refractivity contribution in [3.63, 3.8) is 0 Å². The first-order valence-electron chi connectivity index (χ1n) is 18.1. The van der Waals surface area contributed by atoms with Crippen LogP contribution in [-0.4, -0.2) is 45.2 Å². The monoisotopic (exact) mass is 691 g/mol. The zero-order chi connectivity index (χ0) is 38.2. The Kier molecular flexibility index (Phi) is 23.4. The molecular formula is C42H66N4O4. The van der Waals surface area contributed by atoms with Gasteiger partial charge in [-0.15, -0.1) is 0 Å². The number of carbonyl (C=O) groups is 1. The molecule has 50 heavy (non-hydrogen) atoms. The van der Waals surface area contributed by atoms with Gasteiger partial charge in [-0.2, -0.15) is 0 Å². The summed E-state index contributed by atoms with van der Waals surface area (Å²) in [6.45, 7) is 25.5. The van der Waals surface area contributed by atoms with Crippen molar-refractivity contribution in [1.29, 1.82) is 0 Å². The van der Waals surface area contributed by atoms with Crippen molar-refractivity contribution in [3.05, 3.63) is 88.7 Å². The van der Waals surface area contributed by atoms with Crippen molar-refractivity contribution >= 4 is 23.6 Å². The molecule has 0 saturated carbocycles. The normalized spacial score (nSPS) is 11.3. The summed E-state index contributed by atoms with van der Waals surface area (Å²) >= 11 is 0. The number of carboxylic acid groups (broad SMARTS) is 1. The first kappa shape index (κ1) is 45.7. The maximum Gasteiger partial charge on any atom is 0.323 e. The van der Waals surface area contributed by atoms with Gasteiger partial charge in [0.05, 0.1) is 19.1 Å². The average molecular weight is 691 g/mol. The van der Waals surface area contributed by atoms with E-state index in [0.29, 0.717) is 23.8 Å². The number of phenols is 1. The van der Waals surface area contributed by atoms with E-state index in [1.165, 1.54) is 37.7 Å². The van der Waals surface area contributed by atoms with Crippen molar-refractivity contribution in [2.24, 2.45) is 10.9 Å². The number of ether oxygens (including phenoxy) is 1. The van der Waals surface area contributed by atoms with Gasteiger partial charge in [-0.05, 0) is 70.9 Å². The van der Waals surface area contributed by atoms with Crippen LogP contribution < -0.4 is 9.64 Å². The molecule has 0 amide bonds. The van der Waals surface area contributed by atoms with Crippen LogP contribution in [0.25, 0.3) is 6.08 Å². The SMILES string of the molecule is CC.CCCC.CCCCC(C)C.COc1ccc2c(c1)C=CCN2C(=NC(C)=C(C)C)c1ncn(CC(=O)O)c1C.Cc1ccc(O)cc1. The van der Waals surface area contributed by atoms with E-state index in [1.807, 2.05) is 78.8 Å². The van der Waals surface area contributed by atoms with Gasteiger partial charge in [-0.3, -0.25) is 4.79 Å². The summed E-state index contributed by atoms with van der Waals surface area (Å²) in [5, 5.41) is 17.9. The molecule has 8 nitrogen and oxygen atoms in total. The third-order valence-corrected chi connectivity index (χ3v) is 7.65. The number of carboxylic acids is 1. The fourth-order valence-electron chi connectivity index (χ4n) is 4.26. The van der Waals surface area contributed by atoms with Gasteiger partial charge in [-0.25, -0.2) is 9.98 Å². The lowest BCUT2D eigenvalue weighted by molar-refractivity contribution is -0.137. The Morgan fingerprint density at radius 2 is 1.60 bits per heavy atom. The lowest BCUT2D eigenvalue weighted by atomic mass is 10.1. The van der Waals surface area contributed by atoms with E-state index < -0.39 is 5.97 Å². The Morgan fingerprint density at radius 3 is 2.06 bits per heavy atom. The summed E-state index contributed by atoms with van der Waals surface area (Å²) in [6, 6.07) is 13.0. The molecule has 8 heteroatoms. The number of aliphatic imine (C=N–C) groups is 1. The van der Waals surface area contributed by atoms with Gasteiger partial charge in [-0.1, -0.05) is 116 Å². The average Bonchev–Trinajstić information content (AvgIpc) is 3.46. The number of anilines is 1.